The smallest absolute Gasteiger partial charge is 0.315 e. The molecule has 0 fully saturated rings. The van der Waals surface area contributed by atoms with Crippen molar-refractivity contribution in [1.29, 1.82) is 0 Å². The van der Waals surface area contributed by atoms with Gasteiger partial charge in [-0.2, -0.15) is 0 Å². The Kier molecular flexibility index (Phi) is 6.81. The van der Waals surface area contributed by atoms with Crippen LogP contribution in [-0.2, 0) is 6.54 Å². The van der Waals surface area contributed by atoms with E-state index in [9.17, 15) is 4.79 Å². The lowest BCUT2D eigenvalue weighted by atomic mass is 9.97. The largest absolute Gasteiger partial charge is 0.363 e. The molecule has 0 saturated heterocycles. The molecule has 2 amide bonds. The number of hydrogen-bond donors (Lipinski definition) is 2. The van der Waals surface area contributed by atoms with E-state index in [2.05, 4.69) is 41.6 Å². The molecule has 0 aliphatic rings. The Balaban J connectivity index is 1.96. The number of nitrogens with one attached hydrogen (secondary N) is 2. The van der Waals surface area contributed by atoms with E-state index >= 15 is 0 Å². The van der Waals surface area contributed by atoms with Crippen molar-refractivity contribution in [2.75, 3.05) is 19.0 Å². The van der Waals surface area contributed by atoms with Gasteiger partial charge in [-0.25, -0.2) is 9.78 Å². The van der Waals surface area contributed by atoms with Crippen LogP contribution in [-0.4, -0.2) is 25.1 Å². The second-order valence-electron chi connectivity index (χ2n) is 6.84. The average molecular weight is 340 g/mol. The SMILES string of the molecule is CC(C)CC(NC(=O)NCc1ccnc(N(C)C)c1)c1ccccc1. The van der Waals surface area contributed by atoms with Gasteiger partial charge in [-0.05, 0) is 35.6 Å². The molecule has 0 saturated carbocycles. The van der Waals surface area contributed by atoms with E-state index in [4.69, 9.17) is 0 Å². The maximum Gasteiger partial charge on any atom is 0.315 e. The standard InChI is InChI=1S/C20H28N4O/c1-15(2)12-18(17-8-6-5-7-9-17)23-20(25)22-14-16-10-11-21-19(13-16)24(3)4/h5-11,13,15,18H,12,14H2,1-4H3,(H2,22,23,25). The predicted molar refractivity (Wildman–Crippen MR) is 103 cm³/mol. The van der Waals surface area contributed by atoms with Crippen LogP contribution in [0.2, 0.25) is 0 Å². The first-order valence-electron chi connectivity index (χ1n) is 8.67. The van der Waals surface area contributed by atoms with Gasteiger partial charge < -0.3 is 15.5 Å². The average Bonchev–Trinajstić information content (AvgIpc) is 2.60. The lowest BCUT2D eigenvalue weighted by Gasteiger charge is -2.21. The first kappa shape index (κ1) is 18.8. The number of carbonyl (C=O) groups is 1. The number of hydrogen-bond acceptors (Lipinski definition) is 3. The van der Waals surface area contributed by atoms with Gasteiger partial charge in [0.25, 0.3) is 0 Å². The molecule has 5 nitrogen and oxygen atoms in total. The van der Waals surface area contributed by atoms with Gasteiger partial charge in [0.05, 0.1) is 6.04 Å². The van der Waals surface area contributed by atoms with Gasteiger partial charge in [0.1, 0.15) is 5.82 Å². The van der Waals surface area contributed by atoms with Crippen molar-refractivity contribution >= 4 is 11.8 Å². The number of rotatable bonds is 7. The third kappa shape index (κ3) is 6.10. The van der Waals surface area contributed by atoms with Crippen molar-refractivity contribution in [2.24, 2.45) is 5.92 Å². The van der Waals surface area contributed by atoms with Gasteiger partial charge in [-0.3, -0.25) is 0 Å². The Bertz CT molecular complexity index is 670. The fourth-order valence-corrected chi connectivity index (χ4v) is 2.64. The molecule has 134 valence electrons. The zero-order valence-corrected chi connectivity index (χ0v) is 15.5. The van der Waals surface area contributed by atoms with Crippen molar-refractivity contribution in [2.45, 2.75) is 32.9 Å². The molecule has 2 N–H and O–H groups in total. The fourth-order valence-electron chi connectivity index (χ4n) is 2.64. The highest BCUT2D eigenvalue weighted by atomic mass is 16.2. The summed E-state index contributed by atoms with van der Waals surface area (Å²) in [4.78, 5) is 18.6. The minimum Gasteiger partial charge on any atom is -0.363 e. The van der Waals surface area contributed by atoms with Gasteiger partial charge in [0, 0.05) is 26.8 Å². The van der Waals surface area contributed by atoms with Crippen molar-refractivity contribution in [1.82, 2.24) is 15.6 Å². The molecule has 1 heterocycles. The molecule has 1 aromatic heterocycles. The number of anilines is 1. The number of nitrogens with zero attached hydrogens (tertiary/aromatic N) is 2. The summed E-state index contributed by atoms with van der Waals surface area (Å²) >= 11 is 0. The van der Waals surface area contributed by atoms with Gasteiger partial charge in [0.15, 0.2) is 0 Å². The third-order valence-corrected chi connectivity index (χ3v) is 3.94. The lowest BCUT2D eigenvalue weighted by Crippen LogP contribution is -2.38. The topological polar surface area (TPSA) is 57.3 Å². The molecule has 1 aromatic carbocycles. The molecule has 2 aromatic rings. The van der Waals surface area contributed by atoms with Crippen LogP contribution in [0, 0.1) is 5.92 Å². The molecule has 0 aliphatic carbocycles. The molecule has 0 spiro atoms. The van der Waals surface area contributed by atoms with E-state index in [0.29, 0.717) is 12.5 Å². The molecule has 0 bridgehead atoms. The van der Waals surface area contributed by atoms with Gasteiger partial charge in [-0.15, -0.1) is 0 Å². The summed E-state index contributed by atoms with van der Waals surface area (Å²) in [6.07, 6.45) is 2.66. The minimum absolute atomic E-state index is 0.0102. The van der Waals surface area contributed by atoms with E-state index in [1.807, 2.05) is 49.3 Å². The molecular weight excluding hydrogens is 312 g/mol. The summed E-state index contributed by atoms with van der Waals surface area (Å²) in [7, 11) is 3.89. The van der Waals surface area contributed by atoms with Crippen LogP contribution < -0.4 is 15.5 Å². The summed E-state index contributed by atoms with van der Waals surface area (Å²) in [6.45, 7) is 4.79. The van der Waals surface area contributed by atoms with Crippen LogP contribution in [0.4, 0.5) is 10.6 Å². The number of pyridine rings is 1. The van der Waals surface area contributed by atoms with Crippen molar-refractivity contribution in [3.05, 3.63) is 59.8 Å². The zero-order chi connectivity index (χ0) is 18.2. The van der Waals surface area contributed by atoms with Crippen molar-refractivity contribution in [3.63, 3.8) is 0 Å². The fraction of sp³-hybridized carbons (Fsp3) is 0.400. The van der Waals surface area contributed by atoms with E-state index in [0.717, 1.165) is 23.4 Å². The Morgan fingerprint density at radius 3 is 2.52 bits per heavy atom. The summed E-state index contributed by atoms with van der Waals surface area (Å²) in [5.41, 5.74) is 2.15. The number of aromatic nitrogens is 1. The maximum atomic E-state index is 12.4. The van der Waals surface area contributed by atoms with E-state index in [1.165, 1.54) is 0 Å². The quantitative estimate of drug-likeness (QED) is 0.807. The maximum absolute atomic E-state index is 12.4. The first-order valence-corrected chi connectivity index (χ1v) is 8.67. The van der Waals surface area contributed by atoms with Crippen molar-refractivity contribution in [3.8, 4) is 0 Å². The first-order chi connectivity index (χ1) is 12.0. The Morgan fingerprint density at radius 2 is 1.88 bits per heavy atom. The van der Waals surface area contributed by atoms with Crippen LogP contribution in [0.15, 0.2) is 48.7 Å². The van der Waals surface area contributed by atoms with E-state index in [1.54, 1.807) is 6.20 Å². The van der Waals surface area contributed by atoms with E-state index < -0.39 is 0 Å². The van der Waals surface area contributed by atoms with Crippen LogP contribution in [0.5, 0.6) is 0 Å². The Labute approximate surface area is 150 Å². The Morgan fingerprint density at radius 1 is 1.16 bits per heavy atom. The molecule has 1 atom stereocenters. The highest BCUT2D eigenvalue weighted by Crippen LogP contribution is 2.20. The van der Waals surface area contributed by atoms with Gasteiger partial charge in [0.2, 0.25) is 0 Å². The summed E-state index contributed by atoms with van der Waals surface area (Å²) in [5.74, 6) is 1.37. The predicted octanol–water partition coefficient (Wildman–Crippen LogP) is 3.73. The molecule has 25 heavy (non-hydrogen) atoms. The highest BCUT2D eigenvalue weighted by molar-refractivity contribution is 5.74. The number of urea groups is 1. The number of amides is 2. The van der Waals surface area contributed by atoms with E-state index in [-0.39, 0.29) is 12.1 Å². The molecule has 5 heteroatoms. The molecule has 0 aliphatic heterocycles. The Hall–Kier alpha value is -2.56. The monoisotopic (exact) mass is 340 g/mol. The summed E-state index contributed by atoms with van der Waals surface area (Å²) in [5, 5.41) is 6.04. The van der Waals surface area contributed by atoms with Crippen LogP contribution in [0.3, 0.4) is 0 Å². The zero-order valence-electron chi connectivity index (χ0n) is 15.5. The lowest BCUT2D eigenvalue weighted by molar-refractivity contribution is 0.234. The summed E-state index contributed by atoms with van der Waals surface area (Å²) in [6, 6.07) is 13.8. The molecule has 1 unspecified atom stereocenters. The van der Waals surface area contributed by atoms with Crippen LogP contribution >= 0.6 is 0 Å². The minimum atomic E-state index is -0.155. The van der Waals surface area contributed by atoms with Crippen LogP contribution in [0.1, 0.15) is 37.4 Å². The molecule has 2 rings (SSSR count). The molecule has 0 radical (unpaired) electrons. The van der Waals surface area contributed by atoms with Gasteiger partial charge >= 0.3 is 6.03 Å². The summed E-state index contributed by atoms with van der Waals surface area (Å²) < 4.78 is 0. The highest BCUT2D eigenvalue weighted by Gasteiger charge is 2.15. The van der Waals surface area contributed by atoms with Gasteiger partial charge in [-0.1, -0.05) is 44.2 Å². The second kappa shape index (κ2) is 9.06. The number of carbonyl (C=O) groups excluding carboxylic acids is 1. The van der Waals surface area contributed by atoms with Crippen molar-refractivity contribution < 1.29 is 4.79 Å². The van der Waals surface area contributed by atoms with Crippen LogP contribution in [0.25, 0.3) is 0 Å². The second-order valence-corrected chi connectivity index (χ2v) is 6.84. The molecular formula is C20H28N4O. The normalized spacial score (nSPS) is 11.9. The third-order valence-electron chi connectivity index (χ3n) is 3.94. The number of benzene rings is 1.